The fraction of sp³-hybridized carbons (Fsp3) is 0.476. The molecule has 1 aromatic heterocycles. The molecule has 2 heterocycles. The molecule has 1 saturated carbocycles. The second-order valence-corrected chi connectivity index (χ2v) is 7.92. The Morgan fingerprint density at radius 2 is 1.78 bits per heavy atom. The van der Waals surface area contributed by atoms with Crippen LogP contribution in [-0.4, -0.2) is 45.6 Å². The van der Waals surface area contributed by atoms with Gasteiger partial charge >= 0.3 is 0 Å². The van der Waals surface area contributed by atoms with E-state index in [9.17, 15) is 9.59 Å². The molecule has 6 nitrogen and oxygen atoms in total. The van der Waals surface area contributed by atoms with Crippen LogP contribution in [0.2, 0.25) is 0 Å². The number of hydrogen-bond acceptors (Lipinski definition) is 3. The van der Waals surface area contributed by atoms with Gasteiger partial charge in [0.05, 0.1) is 5.69 Å². The van der Waals surface area contributed by atoms with Crippen LogP contribution >= 0.6 is 0 Å². The minimum Gasteiger partial charge on any atom is -0.341 e. The molecule has 142 valence electrons. The summed E-state index contributed by atoms with van der Waals surface area (Å²) in [7, 11) is 1.74. The van der Waals surface area contributed by atoms with E-state index in [2.05, 4.69) is 10.4 Å². The van der Waals surface area contributed by atoms with Crippen LogP contribution < -0.4 is 5.32 Å². The standard InChI is InChI=1S/C21H26N4O2/c1-15(20(27)25-12-10-21(8-9-21)11-13-25)22-19(26)18-14-17(23-24(18)2)16-6-4-3-5-7-16/h3-7,14-15H,8-13H2,1-2H3,(H,22,26)/t15-/m0/s1. The molecule has 1 atom stereocenters. The number of nitrogens with zero attached hydrogens (tertiary/aromatic N) is 3. The number of aryl methyl sites for hydroxylation is 1. The first-order valence-electron chi connectivity index (χ1n) is 9.67. The molecule has 1 N–H and O–H groups in total. The van der Waals surface area contributed by atoms with Crippen LogP contribution in [0.15, 0.2) is 36.4 Å². The Hall–Kier alpha value is -2.63. The van der Waals surface area contributed by atoms with Crippen LogP contribution in [0.4, 0.5) is 0 Å². The van der Waals surface area contributed by atoms with Gasteiger partial charge in [-0.2, -0.15) is 5.10 Å². The molecule has 2 amide bonds. The molecule has 27 heavy (non-hydrogen) atoms. The van der Waals surface area contributed by atoms with Gasteiger partial charge in [0.25, 0.3) is 5.91 Å². The van der Waals surface area contributed by atoms with Crippen molar-refractivity contribution in [2.75, 3.05) is 13.1 Å². The van der Waals surface area contributed by atoms with Crippen LogP contribution in [0.1, 0.15) is 43.1 Å². The minimum absolute atomic E-state index is 0.00398. The minimum atomic E-state index is -0.541. The first-order valence-corrected chi connectivity index (χ1v) is 9.67. The Kier molecular flexibility index (Phi) is 4.50. The maximum Gasteiger partial charge on any atom is 0.270 e. The summed E-state index contributed by atoms with van der Waals surface area (Å²) in [5.74, 6) is -0.270. The predicted octanol–water partition coefficient (Wildman–Crippen LogP) is 2.61. The molecule has 1 aliphatic heterocycles. The van der Waals surface area contributed by atoms with Crippen LogP contribution in [0.25, 0.3) is 11.3 Å². The smallest absolute Gasteiger partial charge is 0.270 e. The van der Waals surface area contributed by atoms with Crippen LogP contribution in [0, 0.1) is 5.41 Å². The number of amides is 2. The van der Waals surface area contributed by atoms with Gasteiger partial charge in [-0.05, 0) is 44.1 Å². The van der Waals surface area contributed by atoms with Crippen molar-refractivity contribution >= 4 is 11.8 Å². The number of nitrogens with one attached hydrogen (secondary N) is 1. The molecule has 0 unspecified atom stereocenters. The van der Waals surface area contributed by atoms with E-state index in [0.29, 0.717) is 11.1 Å². The Bertz CT molecular complexity index is 844. The lowest BCUT2D eigenvalue weighted by Gasteiger charge is -2.33. The van der Waals surface area contributed by atoms with E-state index in [1.807, 2.05) is 35.2 Å². The molecule has 2 aromatic rings. The molecule has 1 aliphatic carbocycles. The van der Waals surface area contributed by atoms with Crippen molar-refractivity contribution in [3.63, 3.8) is 0 Å². The second-order valence-electron chi connectivity index (χ2n) is 7.92. The van der Waals surface area contributed by atoms with Gasteiger partial charge in [0, 0.05) is 25.7 Å². The molecular weight excluding hydrogens is 340 g/mol. The van der Waals surface area contributed by atoms with Crippen molar-refractivity contribution in [3.05, 3.63) is 42.1 Å². The number of likely N-dealkylation sites (tertiary alicyclic amines) is 1. The maximum atomic E-state index is 12.7. The molecule has 1 saturated heterocycles. The van der Waals surface area contributed by atoms with Gasteiger partial charge in [-0.1, -0.05) is 30.3 Å². The zero-order valence-electron chi connectivity index (χ0n) is 15.9. The third kappa shape index (κ3) is 3.61. The molecule has 1 spiro atoms. The Labute approximate surface area is 159 Å². The molecule has 2 aliphatic rings. The van der Waals surface area contributed by atoms with Crippen molar-refractivity contribution in [2.24, 2.45) is 12.5 Å². The Morgan fingerprint density at radius 1 is 1.11 bits per heavy atom. The summed E-state index contributed by atoms with van der Waals surface area (Å²) in [5.41, 5.74) is 2.68. The highest BCUT2D eigenvalue weighted by molar-refractivity contribution is 5.97. The molecule has 2 fully saturated rings. The first kappa shape index (κ1) is 17.8. The first-order chi connectivity index (χ1) is 13.0. The number of piperidine rings is 1. The summed E-state index contributed by atoms with van der Waals surface area (Å²) in [6, 6.07) is 11.0. The lowest BCUT2D eigenvalue weighted by Crippen LogP contribution is -2.49. The third-order valence-electron chi connectivity index (χ3n) is 5.99. The highest BCUT2D eigenvalue weighted by Gasteiger charge is 2.45. The summed E-state index contributed by atoms with van der Waals surface area (Å²) in [6.07, 6.45) is 4.82. The van der Waals surface area contributed by atoms with Gasteiger partial charge in [-0.3, -0.25) is 14.3 Å². The number of carbonyl (C=O) groups excluding carboxylic acids is 2. The highest BCUT2D eigenvalue weighted by Crippen LogP contribution is 2.53. The van der Waals surface area contributed by atoms with Gasteiger partial charge in [0.1, 0.15) is 11.7 Å². The molecule has 0 radical (unpaired) electrons. The normalized spacial score (nSPS) is 19.0. The maximum absolute atomic E-state index is 12.7. The monoisotopic (exact) mass is 366 g/mol. The molecule has 6 heteroatoms. The van der Waals surface area contributed by atoms with Crippen LogP contribution in [-0.2, 0) is 11.8 Å². The summed E-state index contributed by atoms with van der Waals surface area (Å²) in [5, 5.41) is 7.27. The summed E-state index contributed by atoms with van der Waals surface area (Å²) < 4.78 is 1.56. The second kappa shape index (κ2) is 6.83. The van der Waals surface area contributed by atoms with Gasteiger partial charge in [-0.25, -0.2) is 0 Å². The van der Waals surface area contributed by atoms with Crippen molar-refractivity contribution < 1.29 is 9.59 Å². The fourth-order valence-electron chi connectivity index (χ4n) is 3.91. The van der Waals surface area contributed by atoms with Gasteiger partial charge in [0.15, 0.2) is 0 Å². The van der Waals surface area contributed by atoms with E-state index in [0.717, 1.165) is 37.2 Å². The zero-order valence-corrected chi connectivity index (χ0v) is 15.9. The molecule has 0 bridgehead atoms. The van der Waals surface area contributed by atoms with Crippen LogP contribution in [0.3, 0.4) is 0 Å². The van der Waals surface area contributed by atoms with Gasteiger partial charge in [-0.15, -0.1) is 0 Å². The SMILES string of the molecule is C[C@H](NC(=O)c1cc(-c2ccccc2)nn1C)C(=O)N1CCC2(CC1)CC2. The van der Waals surface area contributed by atoms with Crippen LogP contribution in [0.5, 0.6) is 0 Å². The number of rotatable bonds is 4. The topological polar surface area (TPSA) is 67.2 Å². The van der Waals surface area contributed by atoms with E-state index in [1.165, 1.54) is 12.8 Å². The lowest BCUT2D eigenvalue weighted by molar-refractivity contribution is -0.134. The largest absolute Gasteiger partial charge is 0.341 e. The van der Waals surface area contributed by atoms with Gasteiger partial charge < -0.3 is 10.2 Å². The Balaban J connectivity index is 1.39. The zero-order chi connectivity index (χ0) is 19.0. The average Bonchev–Trinajstić information content (AvgIpc) is 3.31. The molecular formula is C21H26N4O2. The lowest BCUT2D eigenvalue weighted by atomic mass is 9.93. The quantitative estimate of drug-likeness (QED) is 0.904. The summed E-state index contributed by atoms with van der Waals surface area (Å²) >= 11 is 0. The van der Waals surface area contributed by atoms with Gasteiger partial charge in [0.2, 0.25) is 5.91 Å². The number of carbonyl (C=O) groups is 2. The number of aromatic nitrogens is 2. The third-order valence-corrected chi connectivity index (χ3v) is 5.99. The summed E-state index contributed by atoms with van der Waals surface area (Å²) in [4.78, 5) is 27.3. The van der Waals surface area contributed by atoms with E-state index in [-0.39, 0.29) is 11.8 Å². The van der Waals surface area contributed by atoms with Crippen molar-refractivity contribution in [3.8, 4) is 11.3 Å². The van der Waals surface area contributed by atoms with E-state index in [1.54, 1.807) is 24.7 Å². The summed E-state index contributed by atoms with van der Waals surface area (Å²) in [6.45, 7) is 3.38. The Morgan fingerprint density at radius 3 is 2.41 bits per heavy atom. The van der Waals surface area contributed by atoms with Crippen molar-refractivity contribution in [2.45, 2.75) is 38.6 Å². The fourth-order valence-corrected chi connectivity index (χ4v) is 3.91. The van der Waals surface area contributed by atoms with E-state index in [4.69, 9.17) is 0 Å². The number of hydrogen-bond donors (Lipinski definition) is 1. The predicted molar refractivity (Wildman–Crippen MR) is 103 cm³/mol. The van der Waals surface area contributed by atoms with Crippen molar-refractivity contribution in [1.82, 2.24) is 20.0 Å². The highest BCUT2D eigenvalue weighted by atomic mass is 16.2. The molecule has 1 aromatic carbocycles. The molecule has 4 rings (SSSR count). The van der Waals surface area contributed by atoms with E-state index < -0.39 is 6.04 Å². The van der Waals surface area contributed by atoms with E-state index >= 15 is 0 Å². The number of benzene rings is 1. The average molecular weight is 366 g/mol. The van der Waals surface area contributed by atoms with Crippen molar-refractivity contribution in [1.29, 1.82) is 0 Å².